The number of carbonyl (C=O) groups is 1. The van der Waals surface area contributed by atoms with Crippen LogP contribution in [0.25, 0.3) is 0 Å². The molecule has 4 aliphatic carbocycles. The van der Waals surface area contributed by atoms with E-state index in [1.165, 1.54) is 37.0 Å². The van der Waals surface area contributed by atoms with Gasteiger partial charge in [-0.2, -0.15) is 0 Å². The Hall–Kier alpha value is -1.87. The van der Waals surface area contributed by atoms with Crippen LogP contribution < -0.4 is 5.32 Å². The molecule has 4 fully saturated rings. The molecule has 1 amide bonds. The number of amides is 1. The van der Waals surface area contributed by atoms with Gasteiger partial charge in [-0.1, -0.05) is 35.9 Å². The lowest BCUT2D eigenvalue weighted by atomic mass is 9.42. The molecule has 4 heteroatoms. The fourth-order valence-corrected chi connectivity index (χ4v) is 6.95. The maximum Gasteiger partial charge on any atom is 0.226 e. The van der Waals surface area contributed by atoms with Crippen molar-refractivity contribution in [3.05, 3.63) is 70.5 Å². The molecule has 2 aromatic rings. The Bertz CT molecular complexity index is 893. The van der Waals surface area contributed by atoms with Gasteiger partial charge in [0, 0.05) is 11.6 Å². The molecular weight excluding hydrogens is 385 g/mol. The second kappa shape index (κ2) is 7.12. The van der Waals surface area contributed by atoms with Gasteiger partial charge in [-0.3, -0.25) is 4.79 Å². The third-order valence-corrected chi connectivity index (χ3v) is 7.86. The minimum Gasteiger partial charge on any atom is -0.355 e. The Morgan fingerprint density at radius 3 is 2.31 bits per heavy atom. The van der Waals surface area contributed by atoms with E-state index >= 15 is 0 Å². The molecule has 2 nitrogen and oxygen atoms in total. The van der Waals surface area contributed by atoms with Crippen LogP contribution in [0.1, 0.15) is 49.7 Å². The lowest BCUT2D eigenvalue weighted by Crippen LogP contribution is -2.59. The molecule has 29 heavy (non-hydrogen) atoms. The van der Waals surface area contributed by atoms with Gasteiger partial charge < -0.3 is 5.32 Å². The molecule has 4 bridgehead atoms. The Kier molecular flexibility index (Phi) is 4.70. The molecule has 4 aliphatic rings. The molecule has 152 valence electrons. The van der Waals surface area contributed by atoms with Gasteiger partial charge in [0.1, 0.15) is 5.82 Å². The van der Waals surface area contributed by atoms with Crippen molar-refractivity contribution >= 4 is 17.5 Å². The van der Waals surface area contributed by atoms with Crippen molar-refractivity contribution in [2.24, 2.45) is 17.3 Å². The smallest absolute Gasteiger partial charge is 0.226 e. The zero-order valence-electron chi connectivity index (χ0n) is 16.6. The summed E-state index contributed by atoms with van der Waals surface area (Å²) in [5.41, 5.74) is 2.31. The van der Waals surface area contributed by atoms with Crippen LogP contribution in [-0.4, -0.2) is 12.5 Å². The van der Waals surface area contributed by atoms with E-state index in [-0.39, 0.29) is 22.6 Å². The second-order valence-electron chi connectivity index (χ2n) is 9.66. The topological polar surface area (TPSA) is 29.1 Å². The van der Waals surface area contributed by atoms with Crippen molar-refractivity contribution in [3.63, 3.8) is 0 Å². The lowest BCUT2D eigenvalue weighted by Gasteiger charge is -2.61. The minimum absolute atomic E-state index is 0.128. The lowest BCUT2D eigenvalue weighted by molar-refractivity contribution is -0.149. The Morgan fingerprint density at radius 2 is 1.66 bits per heavy atom. The third-order valence-electron chi connectivity index (χ3n) is 7.61. The van der Waals surface area contributed by atoms with Crippen LogP contribution in [0, 0.1) is 23.1 Å². The monoisotopic (exact) mass is 411 g/mol. The SMILES string of the molecule is O=C(NCCc1ccc(F)cc1)C12CC3CC(C1)CC(c1ccc(Cl)cc1)(C3)C2. The normalized spacial score (nSPS) is 32.3. The zero-order valence-corrected chi connectivity index (χ0v) is 17.4. The van der Waals surface area contributed by atoms with Crippen LogP contribution in [0.2, 0.25) is 5.02 Å². The van der Waals surface area contributed by atoms with Gasteiger partial charge in [0.05, 0.1) is 5.41 Å². The molecule has 2 unspecified atom stereocenters. The molecule has 0 heterocycles. The average Bonchev–Trinajstić information content (AvgIpc) is 2.69. The van der Waals surface area contributed by atoms with Crippen molar-refractivity contribution in [1.29, 1.82) is 0 Å². The summed E-state index contributed by atoms with van der Waals surface area (Å²) in [5.74, 6) is 1.30. The van der Waals surface area contributed by atoms with Crippen LogP contribution in [0.15, 0.2) is 48.5 Å². The molecule has 2 atom stereocenters. The van der Waals surface area contributed by atoms with Crippen molar-refractivity contribution < 1.29 is 9.18 Å². The van der Waals surface area contributed by atoms with E-state index in [9.17, 15) is 9.18 Å². The van der Waals surface area contributed by atoms with Crippen LogP contribution in [0.5, 0.6) is 0 Å². The number of rotatable bonds is 5. The van der Waals surface area contributed by atoms with E-state index < -0.39 is 0 Å². The fraction of sp³-hybridized carbons (Fsp3) is 0.480. The number of halogens is 2. The van der Waals surface area contributed by atoms with Crippen LogP contribution in [0.4, 0.5) is 4.39 Å². The molecule has 6 rings (SSSR count). The summed E-state index contributed by atoms with van der Waals surface area (Å²) in [7, 11) is 0. The summed E-state index contributed by atoms with van der Waals surface area (Å²) in [6.45, 7) is 0.607. The number of carbonyl (C=O) groups excluding carboxylic acids is 1. The maximum atomic E-state index is 13.4. The summed E-state index contributed by atoms with van der Waals surface area (Å²) in [5, 5.41) is 4.00. The number of hydrogen-bond acceptors (Lipinski definition) is 1. The molecular formula is C25H27ClFNO. The number of benzene rings is 2. The van der Waals surface area contributed by atoms with Crippen LogP contribution in [-0.2, 0) is 16.6 Å². The predicted molar refractivity (Wildman–Crippen MR) is 113 cm³/mol. The summed E-state index contributed by atoms with van der Waals surface area (Å²) < 4.78 is 13.1. The van der Waals surface area contributed by atoms with E-state index in [1.807, 2.05) is 12.1 Å². The average molecular weight is 412 g/mol. The second-order valence-corrected chi connectivity index (χ2v) is 10.1. The summed E-state index contributed by atoms with van der Waals surface area (Å²) in [6, 6.07) is 14.9. The van der Waals surface area contributed by atoms with Crippen LogP contribution >= 0.6 is 11.6 Å². The van der Waals surface area contributed by atoms with E-state index in [4.69, 9.17) is 11.6 Å². The zero-order chi connectivity index (χ0) is 20.1. The van der Waals surface area contributed by atoms with Gasteiger partial charge in [0.2, 0.25) is 5.91 Å². The fourth-order valence-electron chi connectivity index (χ4n) is 6.83. The highest BCUT2D eigenvalue weighted by Gasteiger charge is 2.60. The molecule has 0 radical (unpaired) electrons. The van der Waals surface area contributed by atoms with Gasteiger partial charge in [0.15, 0.2) is 0 Å². The van der Waals surface area contributed by atoms with Gasteiger partial charge >= 0.3 is 0 Å². The number of hydrogen-bond donors (Lipinski definition) is 1. The highest BCUT2D eigenvalue weighted by atomic mass is 35.5. The molecule has 0 spiro atoms. The first-order chi connectivity index (χ1) is 14.0. The quantitative estimate of drug-likeness (QED) is 0.674. The highest BCUT2D eigenvalue weighted by Crippen LogP contribution is 2.65. The molecule has 0 aromatic heterocycles. The summed E-state index contributed by atoms with van der Waals surface area (Å²) in [6.07, 6.45) is 7.43. The van der Waals surface area contributed by atoms with Gasteiger partial charge in [-0.05, 0) is 97.6 Å². The Labute approximate surface area is 176 Å². The molecule has 0 saturated heterocycles. The van der Waals surface area contributed by atoms with Gasteiger partial charge in [0.25, 0.3) is 0 Å². The summed E-state index contributed by atoms with van der Waals surface area (Å²) in [4.78, 5) is 13.4. The first-order valence-electron chi connectivity index (χ1n) is 10.8. The molecule has 0 aliphatic heterocycles. The largest absolute Gasteiger partial charge is 0.355 e. The molecule has 1 N–H and O–H groups in total. The first kappa shape index (κ1) is 19.1. The standard InChI is InChI=1S/C25H27ClFNO/c26-21-5-3-20(4-6-21)24-12-18-11-19(13-24)15-25(14-18,16-24)23(29)28-10-9-17-1-7-22(27)8-2-17/h1-8,18-19H,9-16H2,(H,28,29). The Morgan fingerprint density at radius 1 is 1.00 bits per heavy atom. The van der Waals surface area contributed by atoms with E-state index in [2.05, 4.69) is 17.4 Å². The molecule has 2 aromatic carbocycles. The third kappa shape index (κ3) is 3.48. The van der Waals surface area contributed by atoms with Crippen LogP contribution in [0.3, 0.4) is 0 Å². The van der Waals surface area contributed by atoms with Crippen molar-refractivity contribution in [1.82, 2.24) is 5.32 Å². The van der Waals surface area contributed by atoms with Gasteiger partial charge in [-0.15, -0.1) is 0 Å². The van der Waals surface area contributed by atoms with Gasteiger partial charge in [-0.25, -0.2) is 4.39 Å². The maximum absolute atomic E-state index is 13.4. The first-order valence-corrected chi connectivity index (χ1v) is 11.1. The van der Waals surface area contributed by atoms with E-state index in [0.29, 0.717) is 18.4 Å². The van der Waals surface area contributed by atoms with Crippen molar-refractivity contribution in [3.8, 4) is 0 Å². The van der Waals surface area contributed by atoms with E-state index in [1.54, 1.807) is 12.1 Å². The predicted octanol–water partition coefficient (Wildman–Crippen LogP) is 5.68. The van der Waals surface area contributed by atoms with Crippen molar-refractivity contribution in [2.75, 3.05) is 6.54 Å². The molecule has 4 saturated carbocycles. The Balaban J connectivity index is 1.32. The minimum atomic E-state index is -0.230. The number of nitrogens with one attached hydrogen (secondary N) is 1. The van der Waals surface area contributed by atoms with Crippen molar-refractivity contribution in [2.45, 2.75) is 50.4 Å². The summed E-state index contributed by atoms with van der Waals surface area (Å²) >= 11 is 6.13. The highest BCUT2D eigenvalue weighted by molar-refractivity contribution is 6.30. The van der Waals surface area contributed by atoms with E-state index in [0.717, 1.165) is 36.3 Å².